The van der Waals surface area contributed by atoms with E-state index in [1.54, 1.807) is 0 Å². The van der Waals surface area contributed by atoms with Crippen LogP contribution < -0.4 is 5.32 Å². The van der Waals surface area contributed by atoms with Crippen molar-refractivity contribution in [3.8, 4) is 0 Å². The summed E-state index contributed by atoms with van der Waals surface area (Å²) in [6.45, 7) is 4.36. The quantitative estimate of drug-likeness (QED) is 0.718. The number of methoxy groups -OCH3 is 1. The molecule has 0 saturated heterocycles. The standard InChI is InChI=1S/C13H25NO3/c1-10-4-6-13(9-15,7-5-10)14-11(2)8-12(16)17-3/h10-11,14-15H,4-9H2,1-3H3. The van der Waals surface area contributed by atoms with Crippen LogP contribution >= 0.6 is 0 Å². The largest absolute Gasteiger partial charge is 0.469 e. The molecule has 1 aliphatic carbocycles. The molecule has 4 heteroatoms. The van der Waals surface area contributed by atoms with E-state index in [1.165, 1.54) is 7.11 Å². The van der Waals surface area contributed by atoms with E-state index in [2.05, 4.69) is 17.0 Å². The van der Waals surface area contributed by atoms with Gasteiger partial charge < -0.3 is 15.2 Å². The van der Waals surface area contributed by atoms with Crippen molar-refractivity contribution in [1.82, 2.24) is 5.32 Å². The Bertz CT molecular complexity index is 247. The van der Waals surface area contributed by atoms with Crippen molar-refractivity contribution < 1.29 is 14.6 Å². The fourth-order valence-corrected chi connectivity index (χ4v) is 2.57. The number of nitrogens with one attached hydrogen (secondary N) is 1. The van der Waals surface area contributed by atoms with Crippen LogP contribution in [0.2, 0.25) is 0 Å². The Morgan fingerprint density at radius 2 is 2.12 bits per heavy atom. The van der Waals surface area contributed by atoms with Gasteiger partial charge in [-0.25, -0.2) is 0 Å². The zero-order valence-corrected chi connectivity index (χ0v) is 11.2. The molecule has 1 saturated carbocycles. The topological polar surface area (TPSA) is 58.6 Å². The first-order valence-electron chi connectivity index (χ1n) is 6.47. The lowest BCUT2D eigenvalue weighted by molar-refractivity contribution is -0.141. The van der Waals surface area contributed by atoms with Gasteiger partial charge in [0.2, 0.25) is 0 Å². The molecule has 2 N–H and O–H groups in total. The van der Waals surface area contributed by atoms with Gasteiger partial charge in [-0.05, 0) is 38.5 Å². The fraction of sp³-hybridized carbons (Fsp3) is 0.923. The maximum atomic E-state index is 11.2. The van der Waals surface area contributed by atoms with E-state index in [4.69, 9.17) is 0 Å². The summed E-state index contributed by atoms with van der Waals surface area (Å²) in [5.41, 5.74) is -0.194. The third-order valence-electron chi connectivity index (χ3n) is 3.79. The Balaban J connectivity index is 2.48. The van der Waals surface area contributed by atoms with Crippen molar-refractivity contribution in [2.24, 2.45) is 5.92 Å². The Morgan fingerprint density at radius 1 is 1.53 bits per heavy atom. The van der Waals surface area contributed by atoms with Crippen LogP contribution in [-0.2, 0) is 9.53 Å². The zero-order valence-electron chi connectivity index (χ0n) is 11.2. The number of carbonyl (C=O) groups excluding carboxylic acids is 1. The monoisotopic (exact) mass is 243 g/mol. The smallest absolute Gasteiger partial charge is 0.307 e. The van der Waals surface area contributed by atoms with E-state index in [9.17, 15) is 9.90 Å². The van der Waals surface area contributed by atoms with Gasteiger partial charge in [-0.3, -0.25) is 4.79 Å². The number of esters is 1. The molecule has 4 nitrogen and oxygen atoms in total. The van der Waals surface area contributed by atoms with Gasteiger partial charge >= 0.3 is 5.97 Å². The van der Waals surface area contributed by atoms with Crippen LogP contribution in [0, 0.1) is 5.92 Å². The molecular formula is C13H25NO3. The predicted molar refractivity (Wildman–Crippen MR) is 66.7 cm³/mol. The van der Waals surface area contributed by atoms with Gasteiger partial charge in [-0.15, -0.1) is 0 Å². The molecule has 0 bridgehead atoms. The van der Waals surface area contributed by atoms with Crippen molar-refractivity contribution in [2.75, 3.05) is 13.7 Å². The van der Waals surface area contributed by atoms with Crippen LogP contribution in [-0.4, -0.2) is 36.4 Å². The minimum Gasteiger partial charge on any atom is -0.469 e. The summed E-state index contributed by atoms with van der Waals surface area (Å²) in [6, 6.07) is 0.0445. The second-order valence-corrected chi connectivity index (χ2v) is 5.45. The number of rotatable bonds is 5. The molecule has 17 heavy (non-hydrogen) atoms. The summed E-state index contributed by atoms with van der Waals surface area (Å²) < 4.78 is 4.65. The van der Waals surface area contributed by atoms with Crippen LogP contribution in [0.5, 0.6) is 0 Å². The zero-order chi connectivity index (χ0) is 12.9. The van der Waals surface area contributed by atoms with Crippen LogP contribution in [0.15, 0.2) is 0 Å². The number of aliphatic hydroxyl groups excluding tert-OH is 1. The Kier molecular flexibility index (Phi) is 5.40. The van der Waals surface area contributed by atoms with Crippen molar-refractivity contribution in [3.63, 3.8) is 0 Å². The highest BCUT2D eigenvalue weighted by Crippen LogP contribution is 2.32. The molecule has 0 aromatic heterocycles. The number of ether oxygens (including phenoxy) is 1. The van der Waals surface area contributed by atoms with Crippen molar-refractivity contribution in [2.45, 2.75) is 57.5 Å². The molecular weight excluding hydrogens is 218 g/mol. The summed E-state index contributed by atoms with van der Waals surface area (Å²) in [4.78, 5) is 11.2. The lowest BCUT2D eigenvalue weighted by Gasteiger charge is -2.40. The van der Waals surface area contributed by atoms with Crippen molar-refractivity contribution >= 4 is 5.97 Å². The number of hydrogen-bond donors (Lipinski definition) is 2. The first-order chi connectivity index (χ1) is 8.01. The minimum atomic E-state index is -0.206. The van der Waals surface area contributed by atoms with Crippen LogP contribution in [0.4, 0.5) is 0 Å². The molecule has 0 radical (unpaired) electrons. The molecule has 0 aromatic rings. The molecule has 0 amide bonds. The molecule has 0 aromatic carbocycles. The first-order valence-corrected chi connectivity index (χ1v) is 6.47. The van der Waals surface area contributed by atoms with Crippen LogP contribution in [0.3, 0.4) is 0 Å². The van der Waals surface area contributed by atoms with E-state index in [0.717, 1.165) is 31.6 Å². The molecule has 0 heterocycles. The average molecular weight is 243 g/mol. The van der Waals surface area contributed by atoms with E-state index < -0.39 is 0 Å². The Hall–Kier alpha value is -0.610. The first kappa shape index (κ1) is 14.5. The summed E-state index contributed by atoms with van der Waals surface area (Å²) in [7, 11) is 1.40. The molecule has 1 unspecified atom stereocenters. The lowest BCUT2D eigenvalue weighted by atomic mass is 9.77. The van der Waals surface area contributed by atoms with Gasteiger partial charge in [0.25, 0.3) is 0 Å². The molecule has 1 rings (SSSR count). The predicted octanol–water partition coefficient (Wildman–Crippen LogP) is 1.47. The van der Waals surface area contributed by atoms with Crippen molar-refractivity contribution in [3.05, 3.63) is 0 Å². The van der Waals surface area contributed by atoms with Gasteiger partial charge in [0.15, 0.2) is 0 Å². The molecule has 1 atom stereocenters. The Morgan fingerprint density at radius 3 is 2.59 bits per heavy atom. The molecule has 0 spiro atoms. The second-order valence-electron chi connectivity index (χ2n) is 5.45. The highest BCUT2D eigenvalue weighted by atomic mass is 16.5. The summed E-state index contributed by atoms with van der Waals surface area (Å²) in [5, 5.41) is 13.0. The molecule has 100 valence electrons. The van der Waals surface area contributed by atoms with E-state index in [0.29, 0.717) is 6.42 Å². The van der Waals surface area contributed by atoms with E-state index in [1.807, 2.05) is 6.92 Å². The fourth-order valence-electron chi connectivity index (χ4n) is 2.57. The summed E-state index contributed by atoms with van der Waals surface area (Å²) >= 11 is 0. The normalized spacial score (nSPS) is 30.9. The minimum absolute atomic E-state index is 0.0445. The SMILES string of the molecule is COC(=O)CC(C)NC1(CO)CCC(C)CC1. The van der Waals surface area contributed by atoms with Gasteiger partial charge in [-0.1, -0.05) is 6.92 Å². The Labute approximate surface area is 104 Å². The lowest BCUT2D eigenvalue weighted by Crippen LogP contribution is -2.54. The summed E-state index contributed by atoms with van der Waals surface area (Å²) in [6.07, 6.45) is 4.59. The van der Waals surface area contributed by atoms with Gasteiger partial charge in [0, 0.05) is 11.6 Å². The number of carbonyl (C=O) groups is 1. The van der Waals surface area contributed by atoms with Gasteiger partial charge in [0.1, 0.15) is 0 Å². The second kappa shape index (κ2) is 6.36. The number of aliphatic hydroxyl groups is 1. The highest BCUT2D eigenvalue weighted by Gasteiger charge is 2.34. The van der Waals surface area contributed by atoms with E-state index in [-0.39, 0.29) is 24.2 Å². The molecule has 1 aliphatic rings. The van der Waals surface area contributed by atoms with Gasteiger partial charge in [-0.2, -0.15) is 0 Å². The highest BCUT2D eigenvalue weighted by molar-refractivity contribution is 5.69. The third kappa shape index (κ3) is 4.28. The van der Waals surface area contributed by atoms with Crippen LogP contribution in [0.25, 0.3) is 0 Å². The molecule has 0 aliphatic heterocycles. The van der Waals surface area contributed by atoms with E-state index >= 15 is 0 Å². The third-order valence-corrected chi connectivity index (χ3v) is 3.79. The molecule has 1 fully saturated rings. The number of hydrogen-bond acceptors (Lipinski definition) is 4. The van der Waals surface area contributed by atoms with Gasteiger partial charge in [0.05, 0.1) is 20.1 Å². The maximum absolute atomic E-state index is 11.2. The van der Waals surface area contributed by atoms with Crippen LogP contribution in [0.1, 0.15) is 46.0 Å². The summed E-state index contributed by atoms with van der Waals surface area (Å²) in [5.74, 6) is 0.537. The average Bonchev–Trinajstić information content (AvgIpc) is 2.32. The maximum Gasteiger partial charge on any atom is 0.307 e. The van der Waals surface area contributed by atoms with Crippen molar-refractivity contribution in [1.29, 1.82) is 0 Å².